The highest BCUT2D eigenvalue weighted by atomic mass is 35.5. The monoisotopic (exact) mass is 445 g/mol. The van der Waals surface area contributed by atoms with E-state index in [-0.39, 0.29) is 0 Å². The maximum absolute atomic E-state index is 5.89. The Morgan fingerprint density at radius 1 is 0.774 bits per heavy atom. The summed E-state index contributed by atoms with van der Waals surface area (Å²) in [5.74, 6) is 3.59. The van der Waals surface area contributed by atoms with Crippen molar-refractivity contribution in [3.05, 3.63) is 53.1 Å². The van der Waals surface area contributed by atoms with Gasteiger partial charge in [-0.05, 0) is 66.8 Å². The summed E-state index contributed by atoms with van der Waals surface area (Å²) in [5.41, 5.74) is 4.86. The van der Waals surface area contributed by atoms with Crippen LogP contribution in [0.3, 0.4) is 0 Å². The van der Waals surface area contributed by atoms with Gasteiger partial charge in [0.15, 0.2) is 23.0 Å². The summed E-state index contributed by atoms with van der Waals surface area (Å²) in [7, 11) is 6.64. The van der Waals surface area contributed by atoms with Gasteiger partial charge in [0.2, 0.25) is 0 Å². The van der Waals surface area contributed by atoms with Gasteiger partial charge in [-0.1, -0.05) is 17.7 Å². The van der Waals surface area contributed by atoms with Crippen molar-refractivity contribution in [2.24, 2.45) is 0 Å². The highest BCUT2D eigenvalue weighted by Crippen LogP contribution is 2.39. The molecule has 3 rings (SSSR count). The number of methoxy groups -OCH3 is 4. The largest absolute Gasteiger partial charge is 0.493 e. The van der Waals surface area contributed by atoms with Gasteiger partial charge in [-0.15, -0.1) is 11.6 Å². The Kier molecular flexibility index (Phi) is 8.50. The number of alkyl halides is 1. The van der Waals surface area contributed by atoms with Crippen LogP contribution in [0.1, 0.15) is 30.4 Å². The second-order valence-corrected chi connectivity index (χ2v) is 7.88. The lowest BCUT2D eigenvalue weighted by Crippen LogP contribution is -2.32. The van der Waals surface area contributed by atoms with Crippen LogP contribution in [0, 0.1) is 0 Å². The number of ether oxygens (including phenoxy) is 4. The van der Waals surface area contributed by atoms with Gasteiger partial charge in [-0.2, -0.15) is 0 Å². The lowest BCUT2D eigenvalue weighted by molar-refractivity contribution is 0.258. The first-order valence-corrected chi connectivity index (χ1v) is 11.1. The molecule has 0 atom stereocenters. The average molecular weight is 446 g/mol. The van der Waals surface area contributed by atoms with Crippen LogP contribution in [-0.2, 0) is 0 Å². The van der Waals surface area contributed by atoms with E-state index in [4.69, 9.17) is 30.5 Å². The molecule has 2 aromatic rings. The Balaban J connectivity index is 2.05. The summed E-state index contributed by atoms with van der Waals surface area (Å²) in [6.45, 7) is 3.13. The van der Waals surface area contributed by atoms with Crippen LogP contribution in [0.5, 0.6) is 23.0 Å². The quantitative estimate of drug-likeness (QED) is 0.493. The lowest BCUT2D eigenvalue weighted by atomic mass is 9.88. The van der Waals surface area contributed by atoms with E-state index >= 15 is 0 Å². The first kappa shape index (κ1) is 23.3. The van der Waals surface area contributed by atoms with Crippen molar-refractivity contribution in [1.29, 1.82) is 0 Å². The summed E-state index contributed by atoms with van der Waals surface area (Å²) >= 11 is 5.89. The third kappa shape index (κ3) is 5.46. The minimum Gasteiger partial charge on any atom is -0.493 e. The van der Waals surface area contributed by atoms with Crippen molar-refractivity contribution < 1.29 is 18.9 Å². The van der Waals surface area contributed by atoms with E-state index in [1.54, 1.807) is 28.4 Å². The number of halogens is 1. The van der Waals surface area contributed by atoms with Gasteiger partial charge in [0, 0.05) is 19.0 Å². The van der Waals surface area contributed by atoms with Crippen molar-refractivity contribution in [3.63, 3.8) is 0 Å². The van der Waals surface area contributed by atoms with E-state index in [9.17, 15) is 0 Å². The molecule has 1 saturated heterocycles. The maximum Gasteiger partial charge on any atom is 0.161 e. The normalized spacial score (nSPS) is 14.3. The summed E-state index contributed by atoms with van der Waals surface area (Å²) < 4.78 is 22.1. The minimum absolute atomic E-state index is 0.710. The van der Waals surface area contributed by atoms with E-state index in [2.05, 4.69) is 29.2 Å². The van der Waals surface area contributed by atoms with E-state index in [0.717, 1.165) is 73.0 Å². The molecule has 168 valence electrons. The second kappa shape index (κ2) is 11.3. The molecule has 1 heterocycles. The molecule has 5 nitrogen and oxygen atoms in total. The zero-order valence-corrected chi connectivity index (χ0v) is 19.6. The molecular weight excluding hydrogens is 414 g/mol. The van der Waals surface area contributed by atoms with E-state index < -0.39 is 0 Å². The van der Waals surface area contributed by atoms with Crippen molar-refractivity contribution in [2.75, 3.05) is 54.0 Å². The van der Waals surface area contributed by atoms with Gasteiger partial charge in [-0.25, -0.2) is 0 Å². The van der Waals surface area contributed by atoms with Crippen molar-refractivity contribution >= 4 is 17.2 Å². The maximum atomic E-state index is 5.89. The Labute approximate surface area is 190 Å². The number of likely N-dealkylation sites (tertiary alicyclic amines) is 1. The summed E-state index contributed by atoms with van der Waals surface area (Å²) in [6, 6.07) is 12.2. The molecule has 6 heteroatoms. The first-order valence-electron chi connectivity index (χ1n) is 10.6. The van der Waals surface area contributed by atoms with Gasteiger partial charge in [0.25, 0.3) is 0 Å². The SMILES string of the molecule is COc1ccc(C(=C2CCN(CCCCl)CC2)c2ccc(OC)c(OC)c2)cc1OC. The molecule has 31 heavy (non-hydrogen) atoms. The highest BCUT2D eigenvalue weighted by Gasteiger charge is 2.21. The molecule has 0 unspecified atom stereocenters. The average Bonchev–Trinajstić information content (AvgIpc) is 2.83. The molecule has 0 saturated carbocycles. The summed E-state index contributed by atoms with van der Waals surface area (Å²) in [5, 5.41) is 0. The summed E-state index contributed by atoms with van der Waals surface area (Å²) in [6.07, 6.45) is 3.05. The third-order valence-electron chi connectivity index (χ3n) is 5.77. The Bertz CT molecular complexity index is 845. The Hall–Kier alpha value is -2.37. The lowest BCUT2D eigenvalue weighted by Gasteiger charge is -2.30. The molecule has 2 aromatic carbocycles. The van der Waals surface area contributed by atoms with Crippen molar-refractivity contribution in [2.45, 2.75) is 19.3 Å². The molecule has 0 aliphatic carbocycles. The van der Waals surface area contributed by atoms with Crippen LogP contribution in [-0.4, -0.2) is 58.9 Å². The van der Waals surface area contributed by atoms with Gasteiger partial charge in [0.05, 0.1) is 28.4 Å². The predicted molar refractivity (Wildman–Crippen MR) is 126 cm³/mol. The molecular formula is C25H32ClNO4. The topological polar surface area (TPSA) is 40.2 Å². The van der Waals surface area contributed by atoms with E-state index in [1.807, 2.05) is 12.1 Å². The van der Waals surface area contributed by atoms with Gasteiger partial charge in [-0.3, -0.25) is 0 Å². The van der Waals surface area contributed by atoms with Crippen LogP contribution in [0.2, 0.25) is 0 Å². The van der Waals surface area contributed by atoms with E-state index in [1.165, 1.54) is 11.1 Å². The Morgan fingerprint density at radius 3 is 1.68 bits per heavy atom. The number of piperidine rings is 1. The van der Waals surface area contributed by atoms with Crippen LogP contribution in [0.25, 0.3) is 5.57 Å². The van der Waals surface area contributed by atoms with Crippen LogP contribution in [0.4, 0.5) is 0 Å². The molecule has 0 N–H and O–H groups in total. The van der Waals surface area contributed by atoms with Crippen LogP contribution in [0.15, 0.2) is 42.0 Å². The van der Waals surface area contributed by atoms with Crippen LogP contribution < -0.4 is 18.9 Å². The zero-order chi connectivity index (χ0) is 22.2. The van der Waals surface area contributed by atoms with E-state index in [0.29, 0.717) is 5.88 Å². The van der Waals surface area contributed by atoms with Crippen LogP contribution >= 0.6 is 11.6 Å². The fraction of sp³-hybridized carbons (Fsp3) is 0.440. The number of rotatable bonds is 9. The molecule has 1 aliphatic heterocycles. The fourth-order valence-electron chi connectivity index (χ4n) is 4.14. The van der Waals surface area contributed by atoms with Gasteiger partial charge >= 0.3 is 0 Å². The number of nitrogens with zero attached hydrogens (tertiary/aromatic N) is 1. The van der Waals surface area contributed by atoms with Crippen molar-refractivity contribution in [3.8, 4) is 23.0 Å². The van der Waals surface area contributed by atoms with Gasteiger partial charge in [0.1, 0.15) is 0 Å². The molecule has 1 aliphatic rings. The highest BCUT2D eigenvalue weighted by molar-refractivity contribution is 6.17. The molecule has 0 radical (unpaired) electrons. The predicted octanol–water partition coefficient (Wildman–Crippen LogP) is 5.25. The first-order chi connectivity index (χ1) is 15.1. The molecule has 0 aromatic heterocycles. The second-order valence-electron chi connectivity index (χ2n) is 7.50. The van der Waals surface area contributed by atoms with Crippen molar-refractivity contribution in [1.82, 2.24) is 4.90 Å². The minimum atomic E-state index is 0.710. The summed E-state index contributed by atoms with van der Waals surface area (Å²) in [4.78, 5) is 2.49. The molecule has 0 amide bonds. The number of benzene rings is 2. The number of hydrogen-bond acceptors (Lipinski definition) is 5. The smallest absolute Gasteiger partial charge is 0.161 e. The standard InChI is InChI=1S/C25H32ClNO4/c1-28-21-8-6-19(16-23(21)30-3)25(18-10-14-27(15-11-18)13-5-12-26)20-7-9-22(29-2)24(17-20)31-4/h6-9,16-17H,5,10-15H2,1-4H3. The zero-order valence-electron chi connectivity index (χ0n) is 18.9. The molecule has 0 spiro atoms. The molecule has 1 fully saturated rings. The molecule has 0 bridgehead atoms. The fourth-order valence-corrected chi connectivity index (χ4v) is 4.26. The number of hydrogen-bond donors (Lipinski definition) is 0. The Morgan fingerprint density at radius 2 is 1.26 bits per heavy atom. The van der Waals surface area contributed by atoms with Gasteiger partial charge < -0.3 is 23.8 Å². The third-order valence-corrected chi connectivity index (χ3v) is 6.03.